The topological polar surface area (TPSA) is 72.5 Å². The van der Waals surface area contributed by atoms with Crippen molar-refractivity contribution in [2.75, 3.05) is 18.5 Å². The number of hydrogen-bond donors (Lipinski definition) is 1. The van der Waals surface area contributed by atoms with E-state index in [4.69, 9.17) is 15.4 Å². The molecule has 1 aromatic rings. The standard InChI is InChI=1S/C10H11BrClNO4S/c1-2-17-6-10(14)13-9-4-3-7(5-8(9)11)18(12,15)16/h3-5H,2,6H2,1H3,(H,13,14). The van der Waals surface area contributed by atoms with Gasteiger partial charge in [0.1, 0.15) is 6.61 Å². The van der Waals surface area contributed by atoms with Crippen molar-refractivity contribution in [1.29, 1.82) is 0 Å². The normalized spacial score (nSPS) is 11.3. The number of amides is 1. The van der Waals surface area contributed by atoms with Gasteiger partial charge in [0.15, 0.2) is 0 Å². The Kier molecular flexibility index (Phi) is 5.58. The number of nitrogens with one attached hydrogen (secondary N) is 1. The summed E-state index contributed by atoms with van der Waals surface area (Å²) in [5, 5.41) is 2.57. The number of hydrogen-bond acceptors (Lipinski definition) is 4. The molecule has 0 aliphatic rings. The summed E-state index contributed by atoms with van der Waals surface area (Å²) in [6.07, 6.45) is 0. The molecule has 1 N–H and O–H groups in total. The van der Waals surface area contributed by atoms with Crippen LogP contribution in [-0.2, 0) is 18.6 Å². The molecule has 5 nitrogen and oxygen atoms in total. The summed E-state index contributed by atoms with van der Waals surface area (Å²) < 4.78 is 27.6. The predicted octanol–water partition coefficient (Wildman–Crippen LogP) is 2.35. The van der Waals surface area contributed by atoms with E-state index >= 15 is 0 Å². The first-order valence-corrected chi connectivity index (χ1v) is 8.06. The number of benzene rings is 1. The second-order valence-corrected chi connectivity index (χ2v) is 6.69. The lowest BCUT2D eigenvalue weighted by Crippen LogP contribution is -2.18. The number of rotatable bonds is 5. The van der Waals surface area contributed by atoms with Crippen molar-refractivity contribution in [3.63, 3.8) is 0 Å². The largest absolute Gasteiger partial charge is 0.372 e. The predicted molar refractivity (Wildman–Crippen MR) is 72.3 cm³/mol. The van der Waals surface area contributed by atoms with Crippen LogP contribution in [0, 0.1) is 0 Å². The third-order valence-electron chi connectivity index (χ3n) is 1.93. The van der Waals surface area contributed by atoms with Gasteiger partial charge in [-0.3, -0.25) is 4.79 Å². The second-order valence-electron chi connectivity index (χ2n) is 3.26. The molecule has 0 aromatic heterocycles. The van der Waals surface area contributed by atoms with E-state index in [1.807, 2.05) is 0 Å². The fourth-order valence-corrected chi connectivity index (χ4v) is 2.54. The van der Waals surface area contributed by atoms with Gasteiger partial charge >= 0.3 is 0 Å². The number of ether oxygens (including phenoxy) is 1. The SMILES string of the molecule is CCOCC(=O)Nc1ccc(S(=O)(=O)Cl)cc1Br. The highest BCUT2D eigenvalue weighted by Crippen LogP contribution is 2.27. The zero-order chi connectivity index (χ0) is 13.8. The fourth-order valence-electron chi connectivity index (χ4n) is 1.13. The summed E-state index contributed by atoms with van der Waals surface area (Å²) in [5.41, 5.74) is 0.448. The van der Waals surface area contributed by atoms with Gasteiger partial charge in [-0.05, 0) is 41.1 Å². The first-order valence-electron chi connectivity index (χ1n) is 4.96. The highest BCUT2D eigenvalue weighted by atomic mass is 79.9. The van der Waals surface area contributed by atoms with Crippen molar-refractivity contribution in [3.05, 3.63) is 22.7 Å². The maximum atomic E-state index is 11.4. The van der Waals surface area contributed by atoms with Crippen molar-refractivity contribution < 1.29 is 17.9 Å². The van der Waals surface area contributed by atoms with Crippen molar-refractivity contribution in [1.82, 2.24) is 0 Å². The summed E-state index contributed by atoms with van der Waals surface area (Å²) in [5.74, 6) is -0.320. The average molecular weight is 357 g/mol. The quantitative estimate of drug-likeness (QED) is 0.822. The second kappa shape index (κ2) is 6.51. The molecular weight excluding hydrogens is 346 g/mol. The molecule has 0 heterocycles. The van der Waals surface area contributed by atoms with Crippen LogP contribution in [0.2, 0.25) is 0 Å². The molecule has 18 heavy (non-hydrogen) atoms. The Balaban J connectivity index is 2.84. The van der Waals surface area contributed by atoms with Gasteiger partial charge in [-0.2, -0.15) is 0 Å². The van der Waals surface area contributed by atoms with Crippen LogP contribution in [0.3, 0.4) is 0 Å². The van der Waals surface area contributed by atoms with Gasteiger partial charge in [0, 0.05) is 21.8 Å². The zero-order valence-electron chi connectivity index (χ0n) is 9.44. The molecule has 8 heteroatoms. The van der Waals surface area contributed by atoms with Crippen molar-refractivity contribution in [3.8, 4) is 0 Å². The molecular formula is C10H11BrClNO4S. The lowest BCUT2D eigenvalue weighted by atomic mass is 10.3. The summed E-state index contributed by atoms with van der Waals surface area (Å²) in [6.45, 7) is 2.17. The lowest BCUT2D eigenvalue weighted by molar-refractivity contribution is -0.120. The minimum atomic E-state index is -3.78. The van der Waals surface area contributed by atoms with Crippen LogP contribution in [0.5, 0.6) is 0 Å². The molecule has 0 bridgehead atoms. The Bertz CT molecular complexity index is 547. The summed E-state index contributed by atoms with van der Waals surface area (Å²) >= 11 is 3.16. The molecule has 0 saturated carbocycles. The molecule has 0 unspecified atom stereocenters. The van der Waals surface area contributed by atoms with Crippen LogP contribution in [0.4, 0.5) is 5.69 Å². The maximum absolute atomic E-state index is 11.4. The molecule has 1 amide bonds. The van der Waals surface area contributed by atoms with E-state index in [9.17, 15) is 13.2 Å². The van der Waals surface area contributed by atoms with E-state index < -0.39 is 9.05 Å². The van der Waals surface area contributed by atoms with Gasteiger partial charge in [-0.15, -0.1) is 0 Å². The van der Waals surface area contributed by atoms with Crippen molar-refractivity contribution in [2.45, 2.75) is 11.8 Å². The zero-order valence-corrected chi connectivity index (χ0v) is 12.6. The molecule has 0 atom stereocenters. The number of carbonyl (C=O) groups excluding carboxylic acids is 1. The Morgan fingerprint density at radius 3 is 2.67 bits per heavy atom. The number of carbonyl (C=O) groups is 1. The van der Waals surface area contributed by atoms with Gasteiger partial charge in [-0.25, -0.2) is 8.42 Å². The van der Waals surface area contributed by atoms with Crippen LogP contribution in [-0.4, -0.2) is 27.5 Å². The van der Waals surface area contributed by atoms with Crippen LogP contribution >= 0.6 is 26.6 Å². The van der Waals surface area contributed by atoms with E-state index in [1.54, 1.807) is 6.92 Å². The number of halogens is 2. The molecule has 0 fully saturated rings. The van der Waals surface area contributed by atoms with Crippen LogP contribution in [0.15, 0.2) is 27.6 Å². The Morgan fingerprint density at radius 1 is 1.50 bits per heavy atom. The maximum Gasteiger partial charge on any atom is 0.261 e. The van der Waals surface area contributed by atoms with E-state index in [-0.39, 0.29) is 17.4 Å². The van der Waals surface area contributed by atoms with Crippen LogP contribution in [0.1, 0.15) is 6.92 Å². The molecule has 0 aliphatic heterocycles. The number of anilines is 1. The molecule has 0 aliphatic carbocycles. The summed E-state index contributed by atoms with van der Waals surface area (Å²) in [6, 6.07) is 4.07. The molecule has 0 spiro atoms. The Hall–Kier alpha value is -0.630. The Morgan fingerprint density at radius 2 is 2.17 bits per heavy atom. The van der Waals surface area contributed by atoms with Gasteiger partial charge in [-0.1, -0.05) is 0 Å². The fraction of sp³-hybridized carbons (Fsp3) is 0.300. The van der Waals surface area contributed by atoms with E-state index in [0.29, 0.717) is 16.8 Å². The average Bonchev–Trinajstić information content (AvgIpc) is 2.27. The van der Waals surface area contributed by atoms with Crippen LogP contribution in [0.25, 0.3) is 0 Å². The third kappa shape index (κ3) is 4.56. The lowest BCUT2D eigenvalue weighted by Gasteiger charge is -2.08. The van der Waals surface area contributed by atoms with E-state index in [0.717, 1.165) is 0 Å². The molecule has 1 aromatic carbocycles. The van der Waals surface area contributed by atoms with E-state index in [1.165, 1.54) is 18.2 Å². The third-order valence-corrected chi connectivity index (χ3v) is 3.94. The van der Waals surface area contributed by atoms with Gasteiger partial charge < -0.3 is 10.1 Å². The minimum absolute atomic E-state index is 0.0427. The molecule has 100 valence electrons. The molecule has 0 saturated heterocycles. The monoisotopic (exact) mass is 355 g/mol. The van der Waals surface area contributed by atoms with Gasteiger partial charge in [0.05, 0.1) is 10.6 Å². The summed E-state index contributed by atoms with van der Waals surface area (Å²) in [7, 11) is 1.42. The highest BCUT2D eigenvalue weighted by Gasteiger charge is 2.13. The highest BCUT2D eigenvalue weighted by molar-refractivity contribution is 9.10. The van der Waals surface area contributed by atoms with Crippen molar-refractivity contribution >= 4 is 47.3 Å². The van der Waals surface area contributed by atoms with Gasteiger partial charge in [0.2, 0.25) is 5.91 Å². The molecule has 1 rings (SSSR count). The van der Waals surface area contributed by atoms with Crippen LogP contribution < -0.4 is 5.32 Å². The van der Waals surface area contributed by atoms with E-state index in [2.05, 4.69) is 21.2 Å². The first kappa shape index (κ1) is 15.4. The minimum Gasteiger partial charge on any atom is -0.372 e. The Labute approximate surface area is 118 Å². The first-order chi connectivity index (χ1) is 8.34. The smallest absolute Gasteiger partial charge is 0.261 e. The van der Waals surface area contributed by atoms with Crippen molar-refractivity contribution in [2.24, 2.45) is 0 Å². The van der Waals surface area contributed by atoms with Gasteiger partial charge in [0.25, 0.3) is 9.05 Å². The molecule has 0 radical (unpaired) electrons. The summed E-state index contributed by atoms with van der Waals surface area (Å²) in [4.78, 5) is 11.4.